The molecular formula is C62H73BN8O4Zn. The van der Waals surface area contributed by atoms with Crippen molar-refractivity contribution < 1.29 is 38.6 Å². The van der Waals surface area contributed by atoms with Crippen LogP contribution in [0, 0.1) is 36.3 Å². The molecule has 1 aliphatic carbocycles. The quantitative estimate of drug-likeness (QED) is 0.0414. The first-order valence-corrected chi connectivity index (χ1v) is 26.3. The van der Waals surface area contributed by atoms with Crippen LogP contribution < -0.4 is 0 Å². The predicted molar refractivity (Wildman–Crippen MR) is 304 cm³/mol. The second kappa shape index (κ2) is 21.6. The predicted octanol–water partition coefficient (Wildman–Crippen LogP) is 13.0. The second-order valence-corrected chi connectivity index (χ2v) is 23.5. The Labute approximate surface area is 462 Å². The number of benzene rings is 4. The third-order valence-corrected chi connectivity index (χ3v) is 15.6. The monoisotopic (exact) mass is 1070 g/mol. The van der Waals surface area contributed by atoms with Gasteiger partial charge in [-0.1, -0.05) is 147 Å². The Balaban J connectivity index is 0.000000242. The van der Waals surface area contributed by atoms with Crippen LogP contribution in [0.25, 0.3) is 39.3 Å². The van der Waals surface area contributed by atoms with Gasteiger partial charge in [0, 0.05) is 74.3 Å². The molecule has 0 saturated heterocycles. The number of hydrogen-bond donors (Lipinski definition) is 0. The summed E-state index contributed by atoms with van der Waals surface area (Å²) in [7, 11) is -1.61. The van der Waals surface area contributed by atoms with Crippen molar-refractivity contribution in [3.8, 4) is 33.8 Å². The number of hydrogen-bond acceptors (Lipinski definition) is 7. The maximum Gasteiger partial charge on any atom is 0.504 e. The molecule has 7 aromatic rings. The molecule has 0 N–H and O–H groups in total. The molecule has 0 saturated carbocycles. The zero-order valence-electron chi connectivity index (χ0n) is 47.5. The van der Waals surface area contributed by atoms with Crippen LogP contribution in [-0.4, -0.2) is 74.2 Å². The second-order valence-electron chi connectivity index (χ2n) is 23.5. The van der Waals surface area contributed by atoms with Crippen LogP contribution in [0.5, 0.6) is 0 Å². The summed E-state index contributed by atoms with van der Waals surface area (Å²) < 4.78 is 7.95. The maximum atomic E-state index is 12.9. The summed E-state index contributed by atoms with van der Waals surface area (Å²) >= 11 is 0. The summed E-state index contributed by atoms with van der Waals surface area (Å²) in [6.07, 6.45) is 3.04. The van der Waals surface area contributed by atoms with Crippen molar-refractivity contribution in [3.05, 3.63) is 188 Å². The third kappa shape index (κ3) is 10.9. The Morgan fingerprint density at radius 3 is 1.24 bits per heavy atom. The standard InChI is InChI=1S/C39H46BN6.C23H27N2O4.Zn/c1-25(2)31-10-16-34(17-11-31)37-22-28(7)44(41-37)40(45-29(8)23-38(42-45)35-18-12-32(13-19-35)26(3)4)46-30(9)24-39(43-46)36-20-14-33(15-21-36)27(5)6;1-21(2,3)17-12-16(13-18(26)19(17)27)14-9-8-10-15(11-14)20-24(28)22(4,5)23(6,7)25(20)29;/h10-27,40H,1-9H3;8-13H,1-7H3;/q-1;+1;. The Morgan fingerprint density at radius 1 is 0.539 bits per heavy atom. The van der Waals surface area contributed by atoms with Gasteiger partial charge >= 0.3 is 13.0 Å². The molecule has 4 heterocycles. The zero-order chi connectivity index (χ0) is 54.6. The first kappa shape index (κ1) is 56.8. The van der Waals surface area contributed by atoms with E-state index in [1.54, 1.807) is 58.0 Å². The molecule has 2 aliphatic rings. The minimum absolute atomic E-state index is 0. The van der Waals surface area contributed by atoms with Crippen LogP contribution in [-0.2, 0) is 29.1 Å². The van der Waals surface area contributed by atoms with E-state index >= 15 is 0 Å². The topological polar surface area (TPSA) is 134 Å². The fourth-order valence-electron chi connectivity index (χ4n) is 9.82. The number of aryl methyl sites for hydroxylation is 3. The van der Waals surface area contributed by atoms with Crippen molar-refractivity contribution in [1.29, 1.82) is 0 Å². The molecule has 4 aromatic carbocycles. The Hall–Kier alpha value is -6.91. The number of rotatable bonds is 11. The van der Waals surface area contributed by atoms with Crippen molar-refractivity contribution >= 4 is 30.1 Å². The van der Waals surface area contributed by atoms with E-state index in [2.05, 4.69) is 167 Å². The van der Waals surface area contributed by atoms with E-state index in [1.165, 1.54) is 22.8 Å². The summed E-state index contributed by atoms with van der Waals surface area (Å²) in [5.41, 5.74) is 13.2. The zero-order valence-corrected chi connectivity index (χ0v) is 50.4. The van der Waals surface area contributed by atoms with Crippen molar-refractivity contribution in [2.24, 2.45) is 5.41 Å². The number of nitrogens with zero attached hydrogens (tertiary/aromatic N) is 8. The van der Waals surface area contributed by atoms with Gasteiger partial charge in [-0.25, -0.2) is 15.3 Å². The molecule has 9 rings (SSSR count). The van der Waals surface area contributed by atoms with Crippen molar-refractivity contribution in [2.75, 3.05) is 0 Å². The maximum absolute atomic E-state index is 12.9. The number of ketones is 2. The number of amidine groups is 1. The van der Waals surface area contributed by atoms with E-state index < -0.39 is 35.2 Å². The van der Waals surface area contributed by atoms with Gasteiger partial charge in [-0.15, -0.1) is 4.74 Å². The molecule has 0 atom stereocenters. The molecular weight excluding hydrogens is 997 g/mol. The average molecular weight is 1070 g/mol. The molecule has 0 unspecified atom stereocenters. The van der Waals surface area contributed by atoms with Crippen LogP contribution in [0.4, 0.5) is 0 Å². The number of hydroxylamine groups is 1. The van der Waals surface area contributed by atoms with E-state index in [9.17, 15) is 19.7 Å². The normalized spacial score (nSPS) is 15.4. The van der Waals surface area contributed by atoms with Gasteiger partial charge in [0.2, 0.25) is 17.1 Å². The first-order valence-electron chi connectivity index (χ1n) is 26.3. The smallest absolute Gasteiger partial charge is 0.504 e. The fraction of sp³-hybridized carbons (Fsp3) is 0.355. The number of carbonyl (C=O) groups excluding carboxylic acids is 2. The van der Waals surface area contributed by atoms with E-state index in [0.29, 0.717) is 40.0 Å². The van der Waals surface area contributed by atoms with Crippen LogP contribution in [0.1, 0.15) is 153 Å². The molecule has 14 heteroatoms. The molecule has 76 heavy (non-hydrogen) atoms. The summed E-state index contributed by atoms with van der Waals surface area (Å²) in [4.78, 5) is 37.5. The minimum Gasteiger partial charge on any atom is -0.618 e. The summed E-state index contributed by atoms with van der Waals surface area (Å²) in [6.45, 7) is 32.4. The van der Waals surface area contributed by atoms with Crippen LogP contribution in [0.3, 0.4) is 0 Å². The molecule has 0 amide bonds. The number of nitroso groups, excluding NO2 is 1. The van der Waals surface area contributed by atoms with E-state index in [0.717, 1.165) is 60.4 Å². The third-order valence-electron chi connectivity index (χ3n) is 15.6. The number of carbonyl (C=O) groups is 2. The Kier molecular flexibility index (Phi) is 16.2. The molecule has 0 radical (unpaired) electrons. The van der Waals surface area contributed by atoms with Gasteiger partial charge in [0.25, 0.3) is 5.54 Å². The molecule has 1 aliphatic heterocycles. The summed E-state index contributed by atoms with van der Waals surface area (Å²) in [5, 5.41) is 28.7. The first-order chi connectivity index (χ1) is 35.2. The minimum atomic E-state index is -1.61. The fourth-order valence-corrected chi connectivity index (χ4v) is 9.82. The van der Waals surface area contributed by atoms with Gasteiger partial charge in [0.1, 0.15) is 10.3 Å². The van der Waals surface area contributed by atoms with Gasteiger partial charge in [0.15, 0.2) is 0 Å². The Morgan fingerprint density at radius 2 is 0.908 bits per heavy atom. The van der Waals surface area contributed by atoms with E-state index in [1.807, 2.05) is 20.8 Å². The van der Waals surface area contributed by atoms with Gasteiger partial charge in [-0.2, -0.15) is 0 Å². The van der Waals surface area contributed by atoms with Gasteiger partial charge < -0.3 is 19.0 Å². The SMILES string of the molecule is CC(C)(C)C1=CC(c2cccc(C3=[N+]([O-])C(C)(C)C(C)(C)[N+]3=O)c2)=CC(=O)C1=O.Cc1cc(-c2ccc(C(C)C)cc2)nn1[BH-](n1nc(-c2ccc(C(C)C)cc2)cc1C)n1nc(-c2ccc(C(C)C)cc2)cc1C.[Zn]. The van der Waals surface area contributed by atoms with Gasteiger partial charge in [0.05, 0.1) is 17.1 Å². The van der Waals surface area contributed by atoms with Crippen LogP contribution in [0.15, 0.2) is 133 Å². The molecule has 390 valence electrons. The molecule has 12 nitrogen and oxygen atoms in total. The van der Waals surface area contributed by atoms with Crippen molar-refractivity contribution in [2.45, 2.75) is 140 Å². The van der Waals surface area contributed by atoms with Crippen molar-refractivity contribution in [1.82, 2.24) is 29.1 Å². The Bertz CT molecular complexity index is 3210. The molecule has 0 spiro atoms. The van der Waals surface area contributed by atoms with Gasteiger partial charge in [-0.3, -0.25) is 9.59 Å². The number of allylic oxidation sites excluding steroid dienone is 4. The van der Waals surface area contributed by atoms with Gasteiger partial charge in [-0.05, 0) is 131 Å². The summed E-state index contributed by atoms with van der Waals surface area (Å²) in [6, 6.07) is 39.9. The summed E-state index contributed by atoms with van der Waals surface area (Å²) in [5.74, 6) is 0.436. The van der Waals surface area contributed by atoms with E-state index in [4.69, 9.17) is 15.3 Å². The van der Waals surface area contributed by atoms with Crippen LogP contribution in [0.2, 0.25) is 0 Å². The number of Topliss-reactive ketones (excluding diaryl/α,β-unsaturated/α-hetero) is 1. The number of aromatic nitrogens is 6. The molecule has 3 aromatic heterocycles. The average Bonchev–Trinajstić information content (AvgIpc) is 4.11. The van der Waals surface area contributed by atoms with E-state index in [-0.39, 0.29) is 25.3 Å². The largest absolute Gasteiger partial charge is 0.618 e. The van der Waals surface area contributed by atoms with Crippen molar-refractivity contribution in [3.63, 3.8) is 0 Å². The van der Waals surface area contributed by atoms with Crippen LogP contribution >= 0.6 is 0 Å². The molecule has 0 bridgehead atoms. The molecule has 0 fully saturated rings.